The van der Waals surface area contributed by atoms with E-state index < -0.39 is 0 Å². The lowest BCUT2D eigenvalue weighted by molar-refractivity contribution is -0.126. The Kier molecular flexibility index (Phi) is 3.33. The molecule has 1 fully saturated rings. The standard InChI is InChI=1S/C9H17N3O2/c1-11(2)9(14)10-5-7-4-8(13)12(3)6-7/h7H,4-6H2,1-3H3,(H,10,14). The van der Waals surface area contributed by atoms with Crippen molar-refractivity contribution < 1.29 is 9.59 Å². The highest BCUT2D eigenvalue weighted by Gasteiger charge is 2.26. The fraction of sp³-hybridized carbons (Fsp3) is 0.778. The summed E-state index contributed by atoms with van der Waals surface area (Å²) in [7, 11) is 5.18. The molecule has 0 aromatic rings. The van der Waals surface area contributed by atoms with E-state index in [1.807, 2.05) is 0 Å². The van der Waals surface area contributed by atoms with Gasteiger partial charge in [-0.2, -0.15) is 0 Å². The molecule has 1 aliphatic heterocycles. The largest absolute Gasteiger partial charge is 0.345 e. The SMILES string of the molecule is CN(C)C(=O)NCC1CC(=O)N(C)C1. The Hall–Kier alpha value is -1.26. The molecule has 1 heterocycles. The zero-order chi connectivity index (χ0) is 10.7. The van der Waals surface area contributed by atoms with Crippen LogP contribution in [0.3, 0.4) is 0 Å². The first-order valence-corrected chi connectivity index (χ1v) is 4.70. The average molecular weight is 199 g/mol. The molecule has 0 saturated carbocycles. The Morgan fingerprint density at radius 3 is 2.71 bits per heavy atom. The van der Waals surface area contributed by atoms with E-state index in [-0.39, 0.29) is 17.9 Å². The van der Waals surface area contributed by atoms with Crippen LogP contribution in [-0.2, 0) is 4.79 Å². The molecule has 0 radical (unpaired) electrons. The Morgan fingerprint density at radius 1 is 1.64 bits per heavy atom. The van der Waals surface area contributed by atoms with Gasteiger partial charge in [-0.05, 0) is 0 Å². The lowest BCUT2D eigenvalue weighted by Crippen LogP contribution is -2.37. The third-order valence-corrected chi connectivity index (χ3v) is 2.37. The first-order valence-electron chi connectivity index (χ1n) is 4.70. The number of carbonyl (C=O) groups is 2. The number of rotatable bonds is 2. The van der Waals surface area contributed by atoms with Crippen molar-refractivity contribution in [3.8, 4) is 0 Å². The molecule has 0 bridgehead atoms. The maximum absolute atomic E-state index is 11.2. The molecule has 1 atom stereocenters. The topological polar surface area (TPSA) is 52.7 Å². The summed E-state index contributed by atoms with van der Waals surface area (Å²) in [6.07, 6.45) is 0.546. The molecule has 0 spiro atoms. The molecule has 5 nitrogen and oxygen atoms in total. The van der Waals surface area contributed by atoms with Crippen LogP contribution in [0, 0.1) is 5.92 Å². The predicted octanol–water partition coefficient (Wildman–Crippen LogP) is -0.264. The fourth-order valence-corrected chi connectivity index (χ4v) is 1.48. The van der Waals surface area contributed by atoms with Gasteiger partial charge in [-0.25, -0.2) is 4.79 Å². The Morgan fingerprint density at radius 2 is 2.29 bits per heavy atom. The predicted molar refractivity (Wildman–Crippen MR) is 52.8 cm³/mol. The number of urea groups is 1. The van der Waals surface area contributed by atoms with E-state index in [1.165, 1.54) is 4.90 Å². The maximum Gasteiger partial charge on any atom is 0.316 e. The van der Waals surface area contributed by atoms with E-state index in [4.69, 9.17) is 0 Å². The van der Waals surface area contributed by atoms with E-state index in [0.717, 1.165) is 6.54 Å². The van der Waals surface area contributed by atoms with Gasteiger partial charge in [0.1, 0.15) is 0 Å². The molecule has 0 aromatic carbocycles. The minimum Gasteiger partial charge on any atom is -0.345 e. The number of nitrogens with zero attached hydrogens (tertiary/aromatic N) is 2. The first-order chi connectivity index (χ1) is 6.50. The molecule has 5 heteroatoms. The van der Waals surface area contributed by atoms with Gasteiger partial charge in [0.15, 0.2) is 0 Å². The van der Waals surface area contributed by atoms with Gasteiger partial charge in [0.2, 0.25) is 5.91 Å². The molecule has 1 rings (SSSR count). The van der Waals surface area contributed by atoms with Crippen LogP contribution in [0.2, 0.25) is 0 Å². The molecule has 80 valence electrons. The van der Waals surface area contributed by atoms with E-state index in [9.17, 15) is 9.59 Å². The van der Waals surface area contributed by atoms with Gasteiger partial charge in [-0.1, -0.05) is 0 Å². The summed E-state index contributed by atoms with van der Waals surface area (Å²) in [6.45, 7) is 1.32. The van der Waals surface area contributed by atoms with Gasteiger partial charge in [-0.3, -0.25) is 4.79 Å². The molecule has 0 aliphatic carbocycles. The second kappa shape index (κ2) is 4.30. The Bertz CT molecular complexity index is 240. The molecule has 1 saturated heterocycles. The molecule has 3 amide bonds. The van der Waals surface area contributed by atoms with Crippen molar-refractivity contribution in [1.82, 2.24) is 15.1 Å². The molecule has 14 heavy (non-hydrogen) atoms. The summed E-state index contributed by atoms with van der Waals surface area (Å²) < 4.78 is 0. The number of nitrogens with one attached hydrogen (secondary N) is 1. The second-order valence-electron chi connectivity index (χ2n) is 3.92. The number of hydrogen-bond acceptors (Lipinski definition) is 2. The number of likely N-dealkylation sites (tertiary alicyclic amines) is 1. The summed E-state index contributed by atoms with van der Waals surface area (Å²) in [5.74, 6) is 0.422. The van der Waals surface area contributed by atoms with Crippen molar-refractivity contribution in [1.29, 1.82) is 0 Å². The molecule has 0 aromatic heterocycles. The normalized spacial score (nSPS) is 21.2. The third kappa shape index (κ3) is 2.61. The number of amides is 3. The lowest BCUT2D eigenvalue weighted by atomic mass is 10.1. The van der Waals surface area contributed by atoms with Crippen LogP contribution >= 0.6 is 0 Å². The van der Waals surface area contributed by atoms with Gasteiger partial charge in [-0.15, -0.1) is 0 Å². The minimum absolute atomic E-state index is 0.105. The molecular formula is C9H17N3O2. The van der Waals surface area contributed by atoms with Gasteiger partial charge in [0, 0.05) is 46.6 Å². The summed E-state index contributed by atoms with van der Waals surface area (Å²) in [6, 6.07) is -0.105. The van der Waals surface area contributed by atoms with Crippen LogP contribution < -0.4 is 5.32 Å². The molecule has 1 unspecified atom stereocenters. The van der Waals surface area contributed by atoms with Crippen LogP contribution in [0.4, 0.5) is 4.79 Å². The Labute approximate surface area is 84.0 Å². The minimum atomic E-state index is -0.105. The van der Waals surface area contributed by atoms with E-state index in [2.05, 4.69) is 5.32 Å². The monoisotopic (exact) mass is 199 g/mol. The van der Waals surface area contributed by atoms with Crippen molar-refractivity contribution in [2.24, 2.45) is 5.92 Å². The van der Waals surface area contributed by atoms with E-state index in [0.29, 0.717) is 13.0 Å². The highest BCUT2D eigenvalue weighted by molar-refractivity contribution is 5.78. The number of carbonyl (C=O) groups excluding carboxylic acids is 2. The fourth-order valence-electron chi connectivity index (χ4n) is 1.48. The van der Waals surface area contributed by atoms with Crippen molar-refractivity contribution >= 4 is 11.9 Å². The molecule has 1 aliphatic rings. The molecular weight excluding hydrogens is 182 g/mol. The summed E-state index contributed by atoms with van der Waals surface area (Å²) in [4.78, 5) is 25.5. The first kappa shape index (κ1) is 10.8. The summed E-state index contributed by atoms with van der Waals surface area (Å²) in [5, 5.41) is 2.77. The van der Waals surface area contributed by atoms with Crippen molar-refractivity contribution in [2.75, 3.05) is 34.2 Å². The summed E-state index contributed by atoms with van der Waals surface area (Å²) in [5.41, 5.74) is 0. The lowest BCUT2D eigenvalue weighted by Gasteiger charge is -2.14. The smallest absolute Gasteiger partial charge is 0.316 e. The quantitative estimate of drug-likeness (QED) is 0.666. The van der Waals surface area contributed by atoms with Crippen molar-refractivity contribution in [3.63, 3.8) is 0 Å². The van der Waals surface area contributed by atoms with Gasteiger partial charge in [0.25, 0.3) is 0 Å². The van der Waals surface area contributed by atoms with Crippen LogP contribution in [-0.4, -0.2) is 56.0 Å². The van der Waals surface area contributed by atoms with Gasteiger partial charge < -0.3 is 15.1 Å². The van der Waals surface area contributed by atoms with Crippen LogP contribution in [0.25, 0.3) is 0 Å². The molecule has 1 N–H and O–H groups in total. The van der Waals surface area contributed by atoms with Crippen LogP contribution in [0.5, 0.6) is 0 Å². The van der Waals surface area contributed by atoms with Crippen molar-refractivity contribution in [2.45, 2.75) is 6.42 Å². The number of hydrogen-bond donors (Lipinski definition) is 1. The van der Waals surface area contributed by atoms with Crippen LogP contribution in [0.1, 0.15) is 6.42 Å². The maximum atomic E-state index is 11.2. The highest BCUT2D eigenvalue weighted by Crippen LogP contribution is 2.14. The van der Waals surface area contributed by atoms with E-state index >= 15 is 0 Å². The average Bonchev–Trinajstić information content (AvgIpc) is 2.42. The van der Waals surface area contributed by atoms with Crippen molar-refractivity contribution in [3.05, 3.63) is 0 Å². The van der Waals surface area contributed by atoms with E-state index in [1.54, 1.807) is 26.0 Å². The van der Waals surface area contributed by atoms with Crippen LogP contribution in [0.15, 0.2) is 0 Å². The van der Waals surface area contributed by atoms with Gasteiger partial charge in [0.05, 0.1) is 0 Å². The third-order valence-electron chi connectivity index (χ3n) is 2.37. The zero-order valence-electron chi connectivity index (χ0n) is 8.91. The zero-order valence-corrected chi connectivity index (χ0v) is 8.91. The second-order valence-corrected chi connectivity index (χ2v) is 3.92. The van der Waals surface area contributed by atoms with Gasteiger partial charge >= 0.3 is 6.03 Å². The Balaban J connectivity index is 2.27. The summed E-state index contributed by atoms with van der Waals surface area (Å²) >= 11 is 0. The highest BCUT2D eigenvalue weighted by atomic mass is 16.2.